The molecule has 5 heterocycles. The molecule has 1 aliphatic carbocycles. The van der Waals surface area contributed by atoms with E-state index in [0.717, 1.165) is 73.4 Å². The van der Waals surface area contributed by atoms with Crippen LogP contribution in [0.1, 0.15) is 86.2 Å². The zero-order valence-electron chi connectivity index (χ0n) is 22.9. The highest BCUT2D eigenvalue weighted by Gasteiger charge is 2.50. The van der Waals surface area contributed by atoms with E-state index in [0.29, 0.717) is 61.8 Å². The number of ether oxygens (including phenoxy) is 2. The summed E-state index contributed by atoms with van der Waals surface area (Å²) in [4.78, 5) is 14.5. The summed E-state index contributed by atoms with van der Waals surface area (Å²) in [6.45, 7) is 7.54. The van der Waals surface area contributed by atoms with Gasteiger partial charge in [-0.15, -0.1) is 0 Å². The van der Waals surface area contributed by atoms with E-state index in [1.807, 2.05) is 6.07 Å². The van der Waals surface area contributed by atoms with Crippen molar-refractivity contribution in [3.8, 4) is 12.1 Å². The van der Waals surface area contributed by atoms with Crippen LogP contribution in [-0.4, -0.2) is 58.9 Å². The molecule has 0 amide bonds. The zero-order chi connectivity index (χ0) is 26.9. The number of nitriles is 1. The molecule has 3 fully saturated rings. The Bertz CT molecular complexity index is 1360. The second-order valence-electron chi connectivity index (χ2n) is 12.5. The van der Waals surface area contributed by atoms with Crippen molar-refractivity contribution in [1.29, 1.82) is 5.26 Å². The summed E-state index contributed by atoms with van der Waals surface area (Å²) < 4.78 is 27.5. The van der Waals surface area contributed by atoms with Crippen LogP contribution in [-0.2, 0) is 23.4 Å². The minimum atomic E-state index is -0.802. The third-order valence-corrected chi connectivity index (χ3v) is 10.2. The van der Waals surface area contributed by atoms with Gasteiger partial charge in [0.2, 0.25) is 0 Å². The van der Waals surface area contributed by atoms with Gasteiger partial charge in [-0.2, -0.15) is 15.2 Å². The van der Waals surface area contributed by atoms with E-state index in [2.05, 4.69) is 35.8 Å². The van der Waals surface area contributed by atoms with Gasteiger partial charge in [-0.1, -0.05) is 13.0 Å². The number of benzene rings is 1. The van der Waals surface area contributed by atoms with Gasteiger partial charge in [0, 0.05) is 48.8 Å². The minimum absolute atomic E-state index is 0.259. The van der Waals surface area contributed by atoms with Crippen molar-refractivity contribution < 1.29 is 13.9 Å². The van der Waals surface area contributed by atoms with E-state index in [-0.39, 0.29) is 5.54 Å². The maximum absolute atomic E-state index is 14.4. The van der Waals surface area contributed by atoms with Gasteiger partial charge in [0.1, 0.15) is 30.3 Å². The first kappa shape index (κ1) is 25.0. The molecule has 0 saturated carbocycles. The van der Waals surface area contributed by atoms with Crippen LogP contribution < -0.4 is 15.4 Å². The summed E-state index contributed by atoms with van der Waals surface area (Å²) in [7, 11) is 0. The Kier molecular flexibility index (Phi) is 5.80. The third-order valence-electron chi connectivity index (χ3n) is 10.2. The average Bonchev–Trinajstić information content (AvgIpc) is 3.44. The minimum Gasteiger partial charge on any atom is -0.461 e. The normalized spacial score (nSPS) is 33.3. The van der Waals surface area contributed by atoms with E-state index in [4.69, 9.17) is 25.2 Å². The second kappa shape index (κ2) is 9.03. The van der Waals surface area contributed by atoms with Crippen LogP contribution in [0.15, 0.2) is 12.1 Å². The van der Waals surface area contributed by atoms with Crippen molar-refractivity contribution in [1.82, 2.24) is 14.9 Å². The fourth-order valence-corrected chi connectivity index (χ4v) is 7.81. The van der Waals surface area contributed by atoms with Crippen molar-refractivity contribution in [2.45, 2.75) is 94.7 Å². The Morgan fingerprint density at radius 2 is 2.10 bits per heavy atom. The van der Waals surface area contributed by atoms with Gasteiger partial charge in [-0.3, -0.25) is 4.90 Å². The molecule has 0 bridgehead atoms. The van der Waals surface area contributed by atoms with Gasteiger partial charge in [0.15, 0.2) is 0 Å². The highest BCUT2D eigenvalue weighted by molar-refractivity contribution is 5.64. The molecular weight excluding hydrogens is 495 g/mol. The lowest BCUT2D eigenvalue weighted by Crippen LogP contribution is -2.48. The molecule has 0 radical (unpaired) electrons. The SMILES string of the molecule is C[C@H]1CC[C@]2(Cc3nc(OC[C@@]45CCCN4C[C@H](F)C5)nc(N4CC[C@@H]4C)c3CO2)c2c1ccc(N)c2C#N. The topological polar surface area (TPSA) is 101 Å². The van der Waals surface area contributed by atoms with Crippen molar-refractivity contribution >= 4 is 11.5 Å². The first-order valence-electron chi connectivity index (χ1n) is 14.5. The Morgan fingerprint density at radius 3 is 2.87 bits per heavy atom. The molecule has 2 aromatic rings. The number of nitrogen functional groups attached to an aromatic ring is 1. The van der Waals surface area contributed by atoms with Gasteiger partial charge in [0.25, 0.3) is 0 Å². The van der Waals surface area contributed by atoms with Crippen molar-refractivity contribution in [2.75, 3.05) is 36.9 Å². The Labute approximate surface area is 229 Å². The molecule has 1 spiro atoms. The third kappa shape index (κ3) is 3.82. The molecule has 2 N–H and O–H groups in total. The van der Waals surface area contributed by atoms with E-state index in [1.54, 1.807) is 0 Å². The lowest BCUT2D eigenvalue weighted by molar-refractivity contribution is -0.0874. The fraction of sp³-hybridized carbons (Fsp3) is 0.633. The lowest BCUT2D eigenvalue weighted by Gasteiger charge is -2.46. The molecule has 1 aromatic carbocycles. The summed E-state index contributed by atoms with van der Waals surface area (Å²) in [5, 5.41) is 10.1. The predicted octanol–water partition coefficient (Wildman–Crippen LogP) is 4.35. The molecule has 206 valence electrons. The van der Waals surface area contributed by atoms with Crippen LogP contribution in [0.3, 0.4) is 0 Å². The molecule has 9 heteroatoms. The molecule has 4 aliphatic heterocycles. The summed E-state index contributed by atoms with van der Waals surface area (Å²) in [5.74, 6) is 1.21. The molecule has 5 atom stereocenters. The maximum atomic E-state index is 14.4. The van der Waals surface area contributed by atoms with Crippen molar-refractivity contribution in [3.05, 3.63) is 40.1 Å². The summed E-state index contributed by atoms with van der Waals surface area (Å²) in [6.07, 6.45) is 5.14. The number of rotatable bonds is 4. The monoisotopic (exact) mass is 532 g/mol. The van der Waals surface area contributed by atoms with Crippen molar-refractivity contribution in [3.63, 3.8) is 0 Å². The van der Waals surface area contributed by atoms with Crippen LogP contribution in [0, 0.1) is 11.3 Å². The van der Waals surface area contributed by atoms with E-state index < -0.39 is 11.8 Å². The predicted molar refractivity (Wildman–Crippen MR) is 145 cm³/mol. The second-order valence-corrected chi connectivity index (χ2v) is 12.5. The van der Waals surface area contributed by atoms with Crippen LogP contribution in [0.2, 0.25) is 0 Å². The number of aromatic nitrogens is 2. The number of nitrogens with zero attached hydrogens (tertiary/aromatic N) is 5. The zero-order valence-corrected chi connectivity index (χ0v) is 22.9. The number of hydrogen-bond acceptors (Lipinski definition) is 8. The van der Waals surface area contributed by atoms with Gasteiger partial charge in [-0.05, 0) is 63.1 Å². The van der Waals surface area contributed by atoms with Gasteiger partial charge >= 0.3 is 6.01 Å². The van der Waals surface area contributed by atoms with Crippen LogP contribution >= 0.6 is 0 Å². The molecule has 1 aromatic heterocycles. The first-order chi connectivity index (χ1) is 18.8. The average molecular weight is 533 g/mol. The quantitative estimate of drug-likeness (QED) is 0.580. The van der Waals surface area contributed by atoms with Gasteiger partial charge in [-0.25, -0.2) is 4.39 Å². The molecule has 39 heavy (non-hydrogen) atoms. The van der Waals surface area contributed by atoms with Gasteiger partial charge < -0.3 is 20.1 Å². The smallest absolute Gasteiger partial charge is 0.318 e. The highest BCUT2D eigenvalue weighted by Crippen LogP contribution is 2.51. The molecule has 3 saturated heterocycles. The molecule has 0 unspecified atom stereocenters. The van der Waals surface area contributed by atoms with E-state index in [1.165, 1.54) is 0 Å². The van der Waals surface area contributed by atoms with Crippen LogP contribution in [0.4, 0.5) is 15.9 Å². The fourth-order valence-electron chi connectivity index (χ4n) is 7.81. The Morgan fingerprint density at radius 1 is 1.23 bits per heavy atom. The highest BCUT2D eigenvalue weighted by atomic mass is 19.1. The number of anilines is 2. The number of halogens is 1. The molecule has 8 nitrogen and oxygen atoms in total. The summed E-state index contributed by atoms with van der Waals surface area (Å²) in [6, 6.07) is 7.03. The summed E-state index contributed by atoms with van der Waals surface area (Å²) >= 11 is 0. The van der Waals surface area contributed by atoms with Crippen molar-refractivity contribution in [2.24, 2.45) is 0 Å². The number of hydrogen-bond donors (Lipinski definition) is 1. The van der Waals surface area contributed by atoms with Crippen LogP contribution in [0.25, 0.3) is 0 Å². The van der Waals surface area contributed by atoms with E-state index in [9.17, 15) is 9.65 Å². The molecule has 5 aliphatic rings. The number of nitrogens with two attached hydrogens (primary N) is 1. The number of fused-ring (bicyclic) bond motifs is 4. The Hall–Kier alpha value is -2.96. The number of alkyl halides is 1. The largest absolute Gasteiger partial charge is 0.461 e. The first-order valence-corrected chi connectivity index (χ1v) is 14.5. The van der Waals surface area contributed by atoms with E-state index >= 15 is 0 Å². The van der Waals surface area contributed by atoms with Crippen LogP contribution in [0.5, 0.6) is 6.01 Å². The molecular formula is C30H37FN6O2. The lowest BCUT2D eigenvalue weighted by atomic mass is 9.69. The maximum Gasteiger partial charge on any atom is 0.318 e. The van der Waals surface area contributed by atoms with Gasteiger partial charge in [0.05, 0.1) is 23.4 Å². The molecule has 7 rings (SSSR count). The standard InChI is InChI=1S/C30H37FN6O2/c1-18-6-9-30(26-21(18)4-5-24(33)22(26)14-32)13-25-23(16-39-30)27(37-11-7-19(37)2)35-28(34-25)38-17-29-8-3-10-36(29)15-20(31)12-29/h4-5,18-20H,3,6-13,15-17,33H2,1-2H3/t18-,19-,20+,29-,30-/m0/s1. The Balaban J connectivity index is 1.27. The summed E-state index contributed by atoms with van der Waals surface area (Å²) in [5.41, 5.74) is 10.4.